The lowest BCUT2D eigenvalue weighted by Crippen LogP contribution is -1.94. The molecule has 0 unspecified atom stereocenters. The number of allylic oxidation sites excluding steroid dienone is 1. The third-order valence-electron chi connectivity index (χ3n) is 3.60. The highest BCUT2D eigenvalue weighted by molar-refractivity contribution is 6.43. The molecular formula is C20H14Cl2O3. The second-order valence-corrected chi connectivity index (χ2v) is 6.02. The fourth-order valence-corrected chi connectivity index (χ4v) is 2.71. The van der Waals surface area contributed by atoms with Crippen LogP contribution in [-0.4, -0.2) is 12.9 Å². The molecule has 0 saturated heterocycles. The number of halogens is 2. The summed E-state index contributed by atoms with van der Waals surface area (Å²) >= 11 is 12.2. The van der Waals surface area contributed by atoms with E-state index in [1.165, 1.54) is 6.08 Å². The minimum absolute atomic E-state index is 0.141. The van der Waals surface area contributed by atoms with E-state index in [1.54, 1.807) is 61.7 Å². The maximum Gasteiger partial charge on any atom is 0.186 e. The summed E-state index contributed by atoms with van der Waals surface area (Å²) in [6.07, 6.45) is 3.07. The third kappa shape index (κ3) is 3.95. The van der Waals surface area contributed by atoms with Crippen LogP contribution in [0.15, 0.2) is 65.1 Å². The molecule has 0 radical (unpaired) electrons. The molecule has 0 aliphatic heterocycles. The molecule has 0 aliphatic rings. The van der Waals surface area contributed by atoms with Gasteiger partial charge in [-0.05, 0) is 48.6 Å². The number of benzene rings is 2. The highest BCUT2D eigenvalue weighted by atomic mass is 35.5. The van der Waals surface area contributed by atoms with E-state index in [0.29, 0.717) is 38.4 Å². The average molecular weight is 373 g/mol. The van der Waals surface area contributed by atoms with Gasteiger partial charge in [0.2, 0.25) is 0 Å². The Labute approximate surface area is 155 Å². The van der Waals surface area contributed by atoms with Crippen LogP contribution in [0.2, 0.25) is 10.0 Å². The van der Waals surface area contributed by atoms with Gasteiger partial charge in [0.15, 0.2) is 5.78 Å². The van der Waals surface area contributed by atoms with E-state index < -0.39 is 0 Å². The molecule has 3 rings (SSSR count). The molecule has 0 atom stereocenters. The molecule has 3 nitrogen and oxygen atoms in total. The Balaban J connectivity index is 1.80. The molecule has 0 bridgehead atoms. The Kier molecular flexibility index (Phi) is 5.27. The molecule has 0 N–H and O–H groups in total. The third-order valence-corrected chi connectivity index (χ3v) is 4.42. The standard InChI is InChI=1S/C20H14Cl2O3/c1-24-15-5-2-4-13(12-15)18(23)10-8-14-9-11-19(25-14)16-6-3-7-17(21)20(16)22/h2-12H,1H3/b10-8+. The van der Waals surface area contributed by atoms with Crippen molar-refractivity contribution in [3.63, 3.8) is 0 Å². The van der Waals surface area contributed by atoms with E-state index in [9.17, 15) is 4.79 Å². The Morgan fingerprint density at radius 3 is 2.68 bits per heavy atom. The second kappa shape index (κ2) is 7.60. The van der Waals surface area contributed by atoms with Gasteiger partial charge < -0.3 is 9.15 Å². The number of methoxy groups -OCH3 is 1. The van der Waals surface area contributed by atoms with Crippen molar-refractivity contribution in [3.8, 4) is 17.1 Å². The summed E-state index contributed by atoms with van der Waals surface area (Å²) < 4.78 is 10.9. The van der Waals surface area contributed by atoms with Crippen LogP contribution in [0, 0.1) is 0 Å². The highest BCUT2D eigenvalue weighted by Crippen LogP contribution is 2.34. The van der Waals surface area contributed by atoms with E-state index in [0.717, 1.165) is 0 Å². The van der Waals surface area contributed by atoms with Crippen LogP contribution in [0.5, 0.6) is 5.75 Å². The molecule has 2 aromatic carbocycles. The monoisotopic (exact) mass is 372 g/mol. The van der Waals surface area contributed by atoms with Gasteiger partial charge in [0.05, 0.1) is 17.2 Å². The summed E-state index contributed by atoms with van der Waals surface area (Å²) in [6.45, 7) is 0. The molecule has 0 fully saturated rings. The highest BCUT2D eigenvalue weighted by Gasteiger charge is 2.10. The molecule has 126 valence electrons. The molecule has 5 heteroatoms. The molecule has 0 amide bonds. The lowest BCUT2D eigenvalue weighted by atomic mass is 10.1. The minimum atomic E-state index is -0.141. The molecule has 1 aromatic heterocycles. The average Bonchev–Trinajstić information content (AvgIpc) is 3.10. The molecule has 25 heavy (non-hydrogen) atoms. The van der Waals surface area contributed by atoms with E-state index in [4.69, 9.17) is 32.4 Å². The van der Waals surface area contributed by atoms with E-state index in [-0.39, 0.29) is 5.78 Å². The van der Waals surface area contributed by atoms with Crippen molar-refractivity contribution in [2.45, 2.75) is 0 Å². The number of hydrogen-bond donors (Lipinski definition) is 0. The van der Waals surface area contributed by atoms with Gasteiger partial charge in [-0.1, -0.05) is 41.4 Å². The Bertz CT molecular complexity index is 942. The Hall–Kier alpha value is -2.49. The summed E-state index contributed by atoms with van der Waals surface area (Å²) in [5.41, 5.74) is 1.24. The molecule has 0 aliphatic carbocycles. The van der Waals surface area contributed by atoms with Crippen molar-refractivity contribution in [3.05, 3.63) is 82.0 Å². The first-order valence-electron chi connectivity index (χ1n) is 7.49. The molecule has 1 heterocycles. The smallest absolute Gasteiger partial charge is 0.186 e. The predicted octanol–water partition coefficient (Wildman–Crippen LogP) is 6.16. The van der Waals surface area contributed by atoms with Gasteiger partial charge >= 0.3 is 0 Å². The number of furan rings is 1. The van der Waals surface area contributed by atoms with Gasteiger partial charge in [-0.3, -0.25) is 4.79 Å². The second-order valence-electron chi connectivity index (χ2n) is 5.23. The van der Waals surface area contributed by atoms with Gasteiger partial charge in [0.25, 0.3) is 0 Å². The summed E-state index contributed by atoms with van der Waals surface area (Å²) in [5, 5.41) is 0.891. The maximum atomic E-state index is 12.2. The Morgan fingerprint density at radius 2 is 1.88 bits per heavy atom. The number of hydrogen-bond acceptors (Lipinski definition) is 3. The largest absolute Gasteiger partial charge is 0.497 e. The summed E-state index contributed by atoms with van der Waals surface area (Å²) in [4.78, 5) is 12.2. The lowest BCUT2D eigenvalue weighted by Gasteiger charge is -2.02. The quantitative estimate of drug-likeness (QED) is 0.397. The van der Waals surface area contributed by atoms with Crippen molar-refractivity contribution in [2.24, 2.45) is 0 Å². The van der Waals surface area contributed by atoms with Crippen LogP contribution in [0.1, 0.15) is 16.1 Å². The van der Waals surface area contributed by atoms with Gasteiger partial charge in [-0.25, -0.2) is 0 Å². The van der Waals surface area contributed by atoms with Crippen LogP contribution >= 0.6 is 23.2 Å². The van der Waals surface area contributed by atoms with Crippen LogP contribution in [0.25, 0.3) is 17.4 Å². The van der Waals surface area contributed by atoms with Crippen molar-refractivity contribution >= 4 is 35.1 Å². The molecular weight excluding hydrogens is 359 g/mol. The molecule has 0 spiro atoms. The number of rotatable bonds is 5. The van der Waals surface area contributed by atoms with Gasteiger partial charge in [0, 0.05) is 11.1 Å². The van der Waals surface area contributed by atoms with Crippen molar-refractivity contribution in [1.29, 1.82) is 0 Å². The number of ether oxygens (including phenoxy) is 1. The normalized spacial score (nSPS) is 11.0. The number of carbonyl (C=O) groups excluding carboxylic acids is 1. The summed E-state index contributed by atoms with van der Waals surface area (Å²) in [6, 6.07) is 15.9. The van der Waals surface area contributed by atoms with Crippen molar-refractivity contribution < 1.29 is 13.9 Å². The van der Waals surface area contributed by atoms with Gasteiger partial charge in [-0.15, -0.1) is 0 Å². The SMILES string of the molecule is COc1cccc(C(=O)/C=C/c2ccc(-c3cccc(Cl)c3Cl)o2)c1. The zero-order valence-electron chi connectivity index (χ0n) is 13.3. The van der Waals surface area contributed by atoms with E-state index >= 15 is 0 Å². The lowest BCUT2D eigenvalue weighted by molar-refractivity contribution is 0.104. The van der Waals surface area contributed by atoms with E-state index in [2.05, 4.69) is 0 Å². The fourth-order valence-electron chi connectivity index (χ4n) is 2.31. The van der Waals surface area contributed by atoms with Gasteiger partial charge in [0.1, 0.15) is 17.3 Å². The topological polar surface area (TPSA) is 39.4 Å². The predicted molar refractivity (Wildman–Crippen MR) is 101 cm³/mol. The first kappa shape index (κ1) is 17.3. The molecule has 3 aromatic rings. The first-order chi connectivity index (χ1) is 12.1. The Morgan fingerprint density at radius 1 is 1.08 bits per heavy atom. The zero-order chi connectivity index (χ0) is 17.8. The van der Waals surface area contributed by atoms with Crippen LogP contribution in [0.3, 0.4) is 0 Å². The fraction of sp³-hybridized carbons (Fsp3) is 0.0500. The number of ketones is 1. The zero-order valence-corrected chi connectivity index (χ0v) is 14.8. The van der Waals surface area contributed by atoms with Crippen molar-refractivity contribution in [2.75, 3.05) is 7.11 Å². The van der Waals surface area contributed by atoms with Crippen molar-refractivity contribution in [1.82, 2.24) is 0 Å². The van der Waals surface area contributed by atoms with Gasteiger partial charge in [-0.2, -0.15) is 0 Å². The summed E-state index contributed by atoms with van der Waals surface area (Å²) in [5.74, 6) is 1.62. The summed E-state index contributed by atoms with van der Waals surface area (Å²) in [7, 11) is 1.56. The minimum Gasteiger partial charge on any atom is -0.497 e. The number of carbonyl (C=O) groups is 1. The van der Waals surface area contributed by atoms with Crippen LogP contribution in [0.4, 0.5) is 0 Å². The maximum absolute atomic E-state index is 12.2. The first-order valence-corrected chi connectivity index (χ1v) is 8.25. The van der Waals surface area contributed by atoms with Crippen LogP contribution < -0.4 is 4.74 Å². The van der Waals surface area contributed by atoms with Crippen LogP contribution in [-0.2, 0) is 0 Å². The molecule has 0 saturated carbocycles. The van der Waals surface area contributed by atoms with E-state index in [1.807, 2.05) is 6.07 Å².